The Kier molecular flexibility index (Phi) is 4.98. The molecular weight excluding hydrogens is 444 g/mol. The number of hydrogen-bond donors (Lipinski definition) is 2. The molecule has 34 heavy (non-hydrogen) atoms. The zero-order chi connectivity index (χ0) is 23.7. The van der Waals surface area contributed by atoms with Crippen LogP contribution in [0.2, 0.25) is 0 Å². The van der Waals surface area contributed by atoms with Crippen molar-refractivity contribution in [3.05, 3.63) is 40.9 Å². The van der Waals surface area contributed by atoms with Gasteiger partial charge in [-0.25, -0.2) is 4.98 Å². The lowest BCUT2D eigenvalue weighted by molar-refractivity contribution is -0.143. The molecule has 1 spiro atoms. The molecule has 2 saturated carbocycles. The summed E-state index contributed by atoms with van der Waals surface area (Å²) < 4.78 is 1.08. The van der Waals surface area contributed by atoms with Gasteiger partial charge in [-0.15, -0.1) is 11.3 Å². The normalized spacial score (nSPS) is 33.3. The third kappa shape index (κ3) is 2.74. The van der Waals surface area contributed by atoms with Crippen molar-refractivity contribution in [1.82, 2.24) is 9.88 Å². The van der Waals surface area contributed by atoms with Crippen molar-refractivity contribution >= 4 is 33.4 Å². The number of aryl methyl sites for hydroxylation is 1. The number of likely N-dealkylation sites (tertiary alicyclic amines) is 1. The first-order valence-electron chi connectivity index (χ1n) is 12.7. The van der Waals surface area contributed by atoms with Crippen LogP contribution >= 0.6 is 11.3 Å². The highest BCUT2D eigenvalue weighted by atomic mass is 32.1. The Labute approximate surface area is 204 Å². The molecule has 2 aromatic rings. The van der Waals surface area contributed by atoms with E-state index in [0.29, 0.717) is 6.42 Å². The molecule has 0 unspecified atom stereocenters. The number of thiazole rings is 1. The van der Waals surface area contributed by atoms with Crippen LogP contribution in [-0.2, 0) is 15.0 Å². The molecule has 1 aromatic carbocycles. The summed E-state index contributed by atoms with van der Waals surface area (Å²) in [6, 6.07) is 6.06. The number of aromatic nitrogens is 1. The maximum atomic E-state index is 13.7. The standard InChI is InChI=1S/C27H34N4O2S/c1-17-30-19-16-18(6-7-20(19)34-17)27(24(29)33)22-9-8-21(25(22)11-12-25)26(27,23(28)32)10-2-3-13-31-14-4-5-15-31/h6-9,16,21-22H,2-5,10-15H2,1H3,(H2,28,32)(H2,29,33)/t21-,22+,26+,27-/m1/s1. The summed E-state index contributed by atoms with van der Waals surface area (Å²) in [7, 11) is 0. The summed E-state index contributed by atoms with van der Waals surface area (Å²) in [5.41, 5.74) is 12.2. The van der Waals surface area contributed by atoms with E-state index in [1.165, 1.54) is 12.8 Å². The SMILES string of the molecule is Cc1nc2cc([C@]3(C(N)=O)[C@H]4C=C[C@H](C45CC5)[C@@]3(CCCCN3CCCC3)C(N)=O)ccc2s1. The van der Waals surface area contributed by atoms with Gasteiger partial charge in [0.2, 0.25) is 11.8 Å². The Morgan fingerprint density at radius 2 is 1.82 bits per heavy atom. The molecule has 4 N–H and O–H groups in total. The number of primary amides is 2. The summed E-state index contributed by atoms with van der Waals surface area (Å²) in [6.07, 6.45) is 11.4. The van der Waals surface area contributed by atoms with Gasteiger partial charge in [0.25, 0.3) is 0 Å². The molecule has 3 aliphatic carbocycles. The Bertz CT molecular complexity index is 1190. The van der Waals surface area contributed by atoms with E-state index in [4.69, 9.17) is 11.5 Å². The van der Waals surface area contributed by atoms with E-state index < -0.39 is 16.7 Å². The van der Waals surface area contributed by atoms with Gasteiger partial charge in [0.05, 0.1) is 26.1 Å². The molecule has 4 aliphatic rings. The Morgan fingerprint density at radius 3 is 2.50 bits per heavy atom. The molecule has 6 rings (SSSR count). The molecule has 1 aromatic heterocycles. The highest BCUT2D eigenvalue weighted by Crippen LogP contribution is 2.80. The maximum Gasteiger partial charge on any atom is 0.229 e. The topological polar surface area (TPSA) is 102 Å². The van der Waals surface area contributed by atoms with Gasteiger partial charge in [-0.1, -0.05) is 24.6 Å². The van der Waals surface area contributed by atoms with E-state index in [-0.39, 0.29) is 23.2 Å². The molecule has 2 bridgehead atoms. The first kappa shape index (κ1) is 22.2. The van der Waals surface area contributed by atoms with Gasteiger partial charge in [-0.2, -0.15) is 0 Å². The first-order valence-corrected chi connectivity index (χ1v) is 13.6. The second kappa shape index (κ2) is 7.62. The zero-order valence-electron chi connectivity index (χ0n) is 19.9. The number of nitrogens with zero attached hydrogens (tertiary/aromatic N) is 2. The third-order valence-electron chi connectivity index (χ3n) is 9.54. The second-order valence-corrected chi connectivity index (χ2v) is 12.2. The van der Waals surface area contributed by atoms with Gasteiger partial charge in [0.15, 0.2) is 0 Å². The largest absolute Gasteiger partial charge is 0.369 e. The van der Waals surface area contributed by atoms with Crippen LogP contribution in [0.5, 0.6) is 0 Å². The number of carbonyl (C=O) groups is 2. The molecule has 1 aliphatic heterocycles. The number of fused-ring (bicyclic) bond motifs is 1. The number of allylic oxidation sites excluding steroid dienone is 2. The van der Waals surface area contributed by atoms with Gasteiger partial charge < -0.3 is 16.4 Å². The molecule has 0 radical (unpaired) electrons. The number of benzene rings is 1. The molecule has 2 amide bonds. The van der Waals surface area contributed by atoms with Crippen molar-refractivity contribution in [2.24, 2.45) is 34.1 Å². The minimum absolute atomic E-state index is 0.0327. The van der Waals surface area contributed by atoms with Crippen molar-refractivity contribution in [3.63, 3.8) is 0 Å². The summed E-state index contributed by atoms with van der Waals surface area (Å²) in [6.45, 7) is 5.35. The van der Waals surface area contributed by atoms with Crippen LogP contribution < -0.4 is 11.5 Å². The molecule has 1 saturated heterocycles. The first-order chi connectivity index (χ1) is 16.4. The van der Waals surface area contributed by atoms with Crippen LogP contribution in [0, 0.1) is 29.6 Å². The van der Waals surface area contributed by atoms with Gasteiger partial charge in [0.1, 0.15) is 0 Å². The molecule has 2 heterocycles. The number of nitrogens with two attached hydrogens (primary N) is 2. The van der Waals surface area contributed by atoms with E-state index in [1.54, 1.807) is 11.3 Å². The molecule has 4 atom stereocenters. The third-order valence-corrected chi connectivity index (χ3v) is 10.5. The van der Waals surface area contributed by atoms with Crippen molar-refractivity contribution in [2.75, 3.05) is 19.6 Å². The Balaban J connectivity index is 1.46. The van der Waals surface area contributed by atoms with Crippen molar-refractivity contribution in [2.45, 2.75) is 57.3 Å². The van der Waals surface area contributed by atoms with Crippen molar-refractivity contribution < 1.29 is 9.59 Å². The van der Waals surface area contributed by atoms with E-state index in [1.807, 2.05) is 25.1 Å². The van der Waals surface area contributed by atoms with Gasteiger partial charge in [-0.3, -0.25) is 9.59 Å². The van der Waals surface area contributed by atoms with E-state index in [0.717, 1.165) is 66.1 Å². The van der Waals surface area contributed by atoms with Crippen LogP contribution in [0.1, 0.15) is 55.5 Å². The molecular formula is C27H34N4O2S. The minimum Gasteiger partial charge on any atom is -0.369 e. The quantitative estimate of drug-likeness (QED) is 0.446. The molecule has 3 fully saturated rings. The summed E-state index contributed by atoms with van der Waals surface area (Å²) >= 11 is 1.64. The van der Waals surface area contributed by atoms with Gasteiger partial charge in [-0.05, 0) is 94.1 Å². The van der Waals surface area contributed by atoms with Gasteiger partial charge in [0, 0.05) is 5.92 Å². The molecule has 6 nitrogen and oxygen atoms in total. The molecule has 7 heteroatoms. The van der Waals surface area contributed by atoms with Crippen molar-refractivity contribution in [3.8, 4) is 0 Å². The number of rotatable bonds is 8. The lowest BCUT2D eigenvalue weighted by atomic mass is 9.52. The van der Waals surface area contributed by atoms with Crippen molar-refractivity contribution in [1.29, 1.82) is 0 Å². The Morgan fingerprint density at radius 1 is 1.09 bits per heavy atom. The average Bonchev–Trinajstić information content (AvgIpc) is 3.09. The van der Waals surface area contributed by atoms with Crippen LogP contribution in [0.15, 0.2) is 30.4 Å². The van der Waals surface area contributed by atoms with Gasteiger partial charge >= 0.3 is 0 Å². The fourth-order valence-electron chi connectivity index (χ4n) is 8.13. The maximum absolute atomic E-state index is 13.7. The van der Waals surface area contributed by atoms with Crippen LogP contribution in [0.25, 0.3) is 10.2 Å². The number of hydrogen-bond acceptors (Lipinski definition) is 5. The predicted molar refractivity (Wildman–Crippen MR) is 134 cm³/mol. The van der Waals surface area contributed by atoms with Crippen LogP contribution in [-0.4, -0.2) is 41.3 Å². The number of carbonyl (C=O) groups excluding carboxylic acids is 2. The highest BCUT2D eigenvalue weighted by Gasteiger charge is 2.82. The van der Waals surface area contributed by atoms with Crippen LogP contribution in [0.4, 0.5) is 0 Å². The zero-order valence-corrected chi connectivity index (χ0v) is 20.7. The van der Waals surface area contributed by atoms with Crippen LogP contribution in [0.3, 0.4) is 0 Å². The highest BCUT2D eigenvalue weighted by molar-refractivity contribution is 7.18. The predicted octanol–water partition coefficient (Wildman–Crippen LogP) is 3.66. The lowest BCUT2D eigenvalue weighted by Gasteiger charge is -2.48. The molecule has 180 valence electrons. The summed E-state index contributed by atoms with van der Waals surface area (Å²) in [5, 5.41) is 0.981. The fourth-order valence-corrected chi connectivity index (χ4v) is 8.94. The summed E-state index contributed by atoms with van der Waals surface area (Å²) in [4.78, 5) is 34.5. The monoisotopic (exact) mass is 478 g/mol. The number of unbranched alkanes of at least 4 members (excludes halogenated alkanes) is 1. The smallest absolute Gasteiger partial charge is 0.229 e. The Hall–Kier alpha value is -2.25. The minimum atomic E-state index is -1.13. The number of amides is 2. The summed E-state index contributed by atoms with van der Waals surface area (Å²) in [5.74, 6) is -0.911. The fraction of sp³-hybridized carbons (Fsp3) is 0.593. The van der Waals surface area contributed by atoms with E-state index in [9.17, 15) is 9.59 Å². The van der Waals surface area contributed by atoms with E-state index >= 15 is 0 Å². The average molecular weight is 479 g/mol. The lowest BCUT2D eigenvalue weighted by Crippen LogP contribution is -2.62. The van der Waals surface area contributed by atoms with E-state index in [2.05, 4.69) is 22.0 Å². The second-order valence-electron chi connectivity index (χ2n) is 11.0.